The summed E-state index contributed by atoms with van der Waals surface area (Å²) in [5.74, 6) is 1.36. The number of amides is 1. The maximum Gasteiger partial charge on any atom is 0.239 e. The Kier molecular flexibility index (Phi) is 7.91. The van der Waals surface area contributed by atoms with Crippen LogP contribution in [-0.4, -0.2) is 48.3 Å². The van der Waals surface area contributed by atoms with E-state index in [0.29, 0.717) is 24.5 Å². The number of aromatic nitrogens is 1. The lowest BCUT2D eigenvalue weighted by atomic mass is 10.0. The van der Waals surface area contributed by atoms with E-state index < -0.39 is 0 Å². The molecular formula is C27H36N4O3. The number of benzene rings is 1. The molecule has 1 aromatic carbocycles. The first-order chi connectivity index (χ1) is 16.5. The fourth-order valence-electron chi connectivity index (χ4n) is 5.27. The van der Waals surface area contributed by atoms with Crippen LogP contribution in [0.2, 0.25) is 0 Å². The summed E-state index contributed by atoms with van der Waals surface area (Å²) in [6.07, 6.45) is 6.61. The Morgan fingerprint density at radius 2 is 1.97 bits per heavy atom. The van der Waals surface area contributed by atoms with Gasteiger partial charge in [0.1, 0.15) is 17.6 Å². The van der Waals surface area contributed by atoms with Gasteiger partial charge in [-0.25, -0.2) is 0 Å². The van der Waals surface area contributed by atoms with E-state index in [-0.39, 0.29) is 18.1 Å². The molecular weight excluding hydrogens is 428 g/mol. The highest BCUT2D eigenvalue weighted by molar-refractivity contribution is 5.93. The van der Waals surface area contributed by atoms with Gasteiger partial charge in [0, 0.05) is 18.3 Å². The average Bonchev–Trinajstić information content (AvgIpc) is 3.35. The minimum absolute atomic E-state index is 0.0806. The highest BCUT2D eigenvalue weighted by atomic mass is 16.5. The first kappa shape index (κ1) is 24.3. The summed E-state index contributed by atoms with van der Waals surface area (Å²) >= 11 is 0. The van der Waals surface area contributed by atoms with E-state index in [1.54, 1.807) is 7.11 Å². The molecule has 0 saturated carbocycles. The topological polar surface area (TPSA) is 79.5 Å². The smallest absolute Gasteiger partial charge is 0.239 e. The molecule has 0 spiro atoms. The largest absolute Gasteiger partial charge is 0.497 e. The molecule has 7 heteroatoms. The molecule has 0 radical (unpaired) electrons. The minimum atomic E-state index is -0.0806. The number of rotatable bonds is 7. The van der Waals surface area contributed by atoms with E-state index in [2.05, 4.69) is 33.0 Å². The Labute approximate surface area is 202 Å². The van der Waals surface area contributed by atoms with Crippen molar-refractivity contribution in [2.24, 2.45) is 0 Å². The number of nitriles is 1. The van der Waals surface area contributed by atoms with Crippen LogP contribution in [0.25, 0.3) is 0 Å². The number of carbonyl (C=O) groups is 1. The van der Waals surface area contributed by atoms with Gasteiger partial charge in [-0.05, 0) is 69.3 Å². The van der Waals surface area contributed by atoms with Crippen LogP contribution in [0.15, 0.2) is 24.3 Å². The molecule has 7 nitrogen and oxygen atoms in total. The van der Waals surface area contributed by atoms with Crippen molar-refractivity contribution in [3.05, 3.63) is 46.6 Å². The van der Waals surface area contributed by atoms with Crippen LogP contribution < -0.4 is 10.1 Å². The van der Waals surface area contributed by atoms with Crippen molar-refractivity contribution in [2.45, 2.75) is 71.1 Å². The Balaban J connectivity index is 1.53. The summed E-state index contributed by atoms with van der Waals surface area (Å²) in [5, 5.41) is 12.9. The van der Waals surface area contributed by atoms with E-state index in [4.69, 9.17) is 9.47 Å². The molecule has 182 valence electrons. The summed E-state index contributed by atoms with van der Waals surface area (Å²) in [6.45, 7) is 6.56. The van der Waals surface area contributed by atoms with E-state index in [1.807, 2.05) is 26.0 Å². The number of hydrogen-bond acceptors (Lipinski definition) is 5. The van der Waals surface area contributed by atoms with Gasteiger partial charge < -0.3 is 19.4 Å². The Bertz CT molecular complexity index is 1030. The summed E-state index contributed by atoms with van der Waals surface area (Å²) < 4.78 is 13.2. The molecule has 2 saturated heterocycles. The molecule has 2 aliphatic rings. The second kappa shape index (κ2) is 11.1. The van der Waals surface area contributed by atoms with Gasteiger partial charge >= 0.3 is 0 Å². The summed E-state index contributed by atoms with van der Waals surface area (Å²) in [4.78, 5) is 15.6. The first-order valence-corrected chi connectivity index (χ1v) is 12.4. The maximum atomic E-state index is 13.3. The molecule has 2 aliphatic heterocycles. The van der Waals surface area contributed by atoms with Gasteiger partial charge in [-0.3, -0.25) is 9.69 Å². The molecule has 0 aliphatic carbocycles. The molecule has 4 rings (SSSR count). The number of nitrogens with one attached hydrogen (secondary N) is 1. The van der Waals surface area contributed by atoms with E-state index >= 15 is 0 Å². The second-order valence-corrected chi connectivity index (χ2v) is 9.45. The van der Waals surface area contributed by atoms with Crippen LogP contribution in [0.1, 0.15) is 67.0 Å². The van der Waals surface area contributed by atoms with Crippen molar-refractivity contribution in [3.63, 3.8) is 0 Å². The molecule has 34 heavy (non-hydrogen) atoms. The lowest BCUT2D eigenvalue weighted by molar-refractivity contribution is -0.117. The Morgan fingerprint density at radius 1 is 1.18 bits per heavy atom. The maximum absolute atomic E-state index is 13.3. The standard InChI is InChI=1S/C27H36N4O3/c1-19-20(2)31(17-23-8-7-15-34-23)27(24(19)16-28)29-26(32)18-30-14-6-4-5-9-25(30)21-10-12-22(33-3)13-11-21/h10-13,23,25H,4-9,14-15,17-18H2,1-3H3,(H,29,32). The van der Waals surface area contributed by atoms with Gasteiger partial charge in [0.05, 0.1) is 31.9 Å². The zero-order chi connectivity index (χ0) is 24.1. The van der Waals surface area contributed by atoms with Crippen molar-refractivity contribution in [1.29, 1.82) is 5.26 Å². The van der Waals surface area contributed by atoms with E-state index in [1.165, 1.54) is 12.0 Å². The monoisotopic (exact) mass is 464 g/mol. The Morgan fingerprint density at radius 3 is 2.65 bits per heavy atom. The van der Waals surface area contributed by atoms with Crippen LogP contribution >= 0.6 is 0 Å². The highest BCUT2D eigenvalue weighted by Gasteiger charge is 2.27. The fraction of sp³-hybridized carbons (Fsp3) is 0.556. The predicted octanol–water partition coefficient (Wildman–Crippen LogP) is 4.72. The summed E-state index contributed by atoms with van der Waals surface area (Å²) in [5.41, 5.74) is 3.68. The van der Waals surface area contributed by atoms with Gasteiger partial charge in [-0.2, -0.15) is 5.26 Å². The van der Waals surface area contributed by atoms with Crippen molar-refractivity contribution < 1.29 is 14.3 Å². The first-order valence-electron chi connectivity index (χ1n) is 12.4. The Hall–Kier alpha value is -2.82. The number of hydrogen-bond donors (Lipinski definition) is 1. The van der Waals surface area contributed by atoms with Crippen LogP contribution in [0.4, 0.5) is 5.82 Å². The predicted molar refractivity (Wildman–Crippen MR) is 132 cm³/mol. The molecule has 1 amide bonds. The quantitative estimate of drug-likeness (QED) is 0.641. The third-order valence-electron chi connectivity index (χ3n) is 7.32. The molecule has 2 atom stereocenters. The molecule has 1 aromatic heterocycles. The van der Waals surface area contributed by atoms with Gasteiger partial charge in [0.2, 0.25) is 5.91 Å². The van der Waals surface area contributed by atoms with Crippen LogP contribution in [0.5, 0.6) is 5.75 Å². The second-order valence-electron chi connectivity index (χ2n) is 9.45. The lowest BCUT2D eigenvalue weighted by Gasteiger charge is -2.30. The van der Waals surface area contributed by atoms with E-state index in [9.17, 15) is 10.1 Å². The molecule has 2 aromatic rings. The van der Waals surface area contributed by atoms with Crippen molar-refractivity contribution in [3.8, 4) is 11.8 Å². The highest BCUT2D eigenvalue weighted by Crippen LogP contribution is 2.32. The zero-order valence-corrected chi connectivity index (χ0v) is 20.6. The number of likely N-dealkylation sites (tertiary alicyclic amines) is 1. The van der Waals surface area contributed by atoms with Gasteiger partial charge in [-0.1, -0.05) is 25.0 Å². The molecule has 2 unspecified atom stereocenters. The van der Waals surface area contributed by atoms with Gasteiger partial charge in [0.25, 0.3) is 0 Å². The van der Waals surface area contributed by atoms with E-state index in [0.717, 1.165) is 62.3 Å². The summed E-state index contributed by atoms with van der Waals surface area (Å²) in [7, 11) is 1.67. The summed E-state index contributed by atoms with van der Waals surface area (Å²) in [6, 6.07) is 10.7. The fourth-order valence-corrected chi connectivity index (χ4v) is 5.27. The van der Waals surface area contributed by atoms with Crippen LogP contribution in [-0.2, 0) is 16.1 Å². The van der Waals surface area contributed by atoms with Gasteiger partial charge in [0.15, 0.2) is 0 Å². The van der Waals surface area contributed by atoms with Crippen molar-refractivity contribution >= 4 is 11.7 Å². The minimum Gasteiger partial charge on any atom is -0.497 e. The molecule has 1 N–H and O–H groups in total. The number of ether oxygens (including phenoxy) is 2. The van der Waals surface area contributed by atoms with Crippen LogP contribution in [0.3, 0.4) is 0 Å². The molecule has 0 bridgehead atoms. The zero-order valence-electron chi connectivity index (χ0n) is 20.6. The third kappa shape index (κ3) is 5.29. The number of methoxy groups -OCH3 is 1. The molecule has 2 fully saturated rings. The number of carbonyl (C=O) groups excluding carboxylic acids is 1. The van der Waals surface area contributed by atoms with Crippen molar-refractivity contribution in [1.82, 2.24) is 9.47 Å². The van der Waals surface area contributed by atoms with Gasteiger partial charge in [-0.15, -0.1) is 0 Å². The SMILES string of the molecule is COc1ccc(C2CCCCCN2CC(=O)Nc2c(C#N)c(C)c(C)n2CC2CCCO2)cc1. The third-order valence-corrected chi connectivity index (χ3v) is 7.32. The molecule has 3 heterocycles. The normalized spacial score (nSPS) is 21.1. The number of anilines is 1. The average molecular weight is 465 g/mol. The van der Waals surface area contributed by atoms with Crippen molar-refractivity contribution in [2.75, 3.05) is 32.1 Å². The number of nitrogens with zero attached hydrogens (tertiary/aromatic N) is 3. The van der Waals surface area contributed by atoms with Crippen LogP contribution in [0, 0.1) is 25.2 Å². The lowest BCUT2D eigenvalue weighted by Crippen LogP contribution is -2.36.